The molecule has 4 atom stereocenters. The van der Waals surface area contributed by atoms with Crippen molar-refractivity contribution in [3.8, 4) is 0 Å². The van der Waals surface area contributed by atoms with E-state index in [4.69, 9.17) is 0 Å². The highest BCUT2D eigenvalue weighted by molar-refractivity contribution is 6.23. The quantitative estimate of drug-likeness (QED) is 0.755. The SMILES string of the molecule is O=C1[C@@H]2[C@H]3CC[C@@H](C3)[C@H]2C(=O)N1c1ccc2ccccc2c1. The number of carbonyl (C=O) groups excluding carboxylic acids is 2. The predicted octanol–water partition coefficient (Wildman–Crippen LogP) is 3.38. The average Bonchev–Trinajstić information content (AvgIpc) is 3.21. The van der Waals surface area contributed by atoms with Gasteiger partial charge in [0.25, 0.3) is 0 Å². The number of rotatable bonds is 1. The minimum Gasteiger partial charge on any atom is -0.274 e. The van der Waals surface area contributed by atoms with Crippen molar-refractivity contribution < 1.29 is 9.59 Å². The number of fused-ring (bicyclic) bond motifs is 6. The van der Waals surface area contributed by atoms with Crippen molar-refractivity contribution in [2.75, 3.05) is 4.90 Å². The first-order chi connectivity index (χ1) is 10.7. The van der Waals surface area contributed by atoms with Crippen molar-refractivity contribution in [3.05, 3.63) is 42.5 Å². The molecule has 2 aromatic carbocycles. The Bertz CT molecular complexity index is 784. The molecule has 0 radical (unpaired) electrons. The molecular weight excluding hydrogens is 274 g/mol. The minimum absolute atomic E-state index is 0.0393. The summed E-state index contributed by atoms with van der Waals surface area (Å²) >= 11 is 0. The second kappa shape index (κ2) is 4.19. The Hall–Kier alpha value is -2.16. The Morgan fingerprint density at radius 3 is 2.14 bits per heavy atom. The molecule has 110 valence electrons. The largest absolute Gasteiger partial charge is 0.274 e. The van der Waals surface area contributed by atoms with Crippen LogP contribution in [0.4, 0.5) is 5.69 Å². The van der Waals surface area contributed by atoms with Crippen molar-refractivity contribution in [1.82, 2.24) is 0 Å². The molecule has 2 aliphatic carbocycles. The van der Waals surface area contributed by atoms with Crippen molar-refractivity contribution in [2.45, 2.75) is 19.3 Å². The number of hydrogen-bond donors (Lipinski definition) is 0. The smallest absolute Gasteiger partial charge is 0.237 e. The molecule has 0 N–H and O–H groups in total. The molecule has 2 saturated carbocycles. The van der Waals surface area contributed by atoms with Crippen molar-refractivity contribution in [2.24, 2.45) is 23.7 Å². The van der Waals surface area contributed by atoms with Gasteiger partial charge in [-0.25, -0.2) is 0 Å². The van der Waals surface area contributed by atoms with Crippen LogP contribution < -0.4 is 4.90 Å². The van der Waals surface area contributed by atoms with Gasteiger partial charge >= 0.3 is 0 Å². The first-order valence-corrected chi connectivity index (χ1v) is 8.10. The summed E-state index contributed by atoms with van der Waals surface area (Å²) in [6.45, 7) is 0. The van der Waals surface area contributed by atoms with E-state index < -0.39 is 0 Å². The van der Waals surface area contributed by atoms with Gasteiger partial charge in [0.1, 0.15) is 0 Å². The van der Waals surface area contributed by atoms with E-state index in [1.807, 2.05) is 42.5 Å². The highest BCUT2D eigenvalue weighted by Crippen LogP contribution is 2.56. The van der Waals surface area contributed by atoms with Crippen LogP contribution >= 0.6 is 0 Å². The van der Waals surface area contributed by atoms with Gasteiger partial charge in [-0.3, -0.25) is 14.5 Å². The van der Waals surface area contributed by atoms with Crippen molar-refractivity contribution >= 4 is 28.3 Å². The van der Waals surface area contributed by atoms with Crippen LogP contribution in [-0.4, -0.2) is 11.8 Å². The Kier molecular flexibility index (Phi) is 2.36. The molecule has 2 aromatic rings. The molecule has 0 spiro atoms. The van der Waals surface area contributed by atoms with Crippen LogP contribution in [0.25, 0.3) is 10.8 Å². The molecule has 0 unspecified atom stereocenters. The topological polar surface area (TPSA) is 37.4 Å². The van der Waals surface area contributed by atoms with Crippen LogP contribution in [0.3, 0.4) is 0 Å². The van der Waals surface area contributed by atoms with Gasteiger partial charge in [0, 0.05) is 0 Å². The van der Waals surface area contributed by atoms with E-state index in [1.165, 1.54) is 4.90 Å². The highest BCUT2D eigenvalue weighted by atomic mass is 16.2. The summed E-state index contributed by atoms with van der Waals surface area (Å²) in [5.41, 5.74) is 0.738. The van der Waals surface area contributed by atoms with Crippen molar-refractivity contribution in [3.63, 3.8) is 0 Å². The molecule has 3 nitrogen and oxygen atoms in total. The molecule has 0 aromatic heterocycles. The summed E-state index contributed by atoms with van der Waals surface area (Å²) in [5.74, 6) is 0.874. The fourth-order valence-electron chi connectivity index (χ4n) is 4.98. The third-order valence-corrected chi connectivity index (χ3v) is 5.92. The lowest BCUT2D eigenvalue weighted by Crippen LogP contribution is -2.32. The van der Waals surface area contributed by atoms with E-state index in [0.717, 1.165) is 35.7 Å². The molecule has 1 aliphatic heterocycles. The summed E-state index contributed by atoms with van der Waals surface area (Å²) in [7, 11) is 0. The molecule has 2 amide bonds. The number of anilines is 1. The standard InChI is InChI=1S/C19H17NO2/c21-18-16-13-5-6-14(9-13)17(16)19(22)20(18)15-8-7-11-3-1-2-4-12(11)10-15/h1-4,7-8,10,13-14,16-17H,5-6,9H2/t13-,14-,16+,17+/m0/s1. The van der Waals surface area contributed by atoms with E-state index in [0.29, 0.717) is 11.8 Å². The number of hydrogen-bond acceptors (Lipinski definition) is 2. The normalized spacial score (nSPS) is 33.0. The lowest BCUT2D eigenvalue weighted by molar-refractivity contribution is -0.123. The first-order valence-electron chi connectivity index (χ1n) is 8.10. The number of benzene rings is 2. The van der Waals surface area contributed by atoms with Crippen LogP contribution in [0.15, 0.2) is 42.5 Å². The summed E-state index contributed by atoms with van der Waals surface area (Å²) in [4.78, 5) is 27.1. The molecule has 1 heterocycles. The number of amides is 2. The second-order valence-electron chi connectivity index (χ2n) is 6.93. The van der Waals surface area contributed by atoms with Crippen LogP contribution in [-0.2, 0) is 9.59 Å². The van der Waals surface area contributed by atoms with Crippen LogP contribution in [0.5, 0.6) is 0 Å². The fraction of sp³-hybridized carbons (Fsp3) is 0.368. The van der Waals surface area contributed by atoms with Gasteiger partial charge in [-0.05, 0) is 54.0 Å². The lowest BCUT2D eigenvalue weighted by atomic mass is 9.81. The molecular formula is C19H17NO2. The van der Waals surface area contributed by atoms with Gasteiger partial charge in [-0.15, -0.1) is 0 Å². The van der Waals surface area contributed by atoms with Gasteiger partial charge in [0.15, 0.2) is 0 Å². The summed E-state index contributed by atoms with van der Waals surface area (Å²) in [5, 5.41) is 2.20. The zero-order valence-electron chi connectivity index (χ0n) is 12.2. The maximum Gasteiger partial charge on any atom is 0.237 e. The lowest BCUT2D eigenvalue weighted by Gasteiger charge is -2.19. The average molecular weight is 291 g/mol. The van der Waals surface area contributed by atoms with E-state index in [-0.39, 0.29) is 23.7 Å². The molecule has 3 aliphatic rings. The molecule has 5 rings (SSSR count). The van der Waals surface area contributed by atoms with Gasteiger partial charge in [0.05, 0.1) is 17.5 Å². The summed E-state index contributed by atoms with van der Waals surface area (Å²) in [6.07, 6.45) is 3.32. The van der Waals surface area contributed by atoms with E-state index in [1.54, 1.807) is 0 Å². The zero-order chi connectivity index (χ0) is 14.8. The fourth-order valence-corrected chi connectivity index (χ4v) is 4.98. The Morgan fingerprint density at radius 2 is 1.45 bits per heavy atom. The summed E-state index contributed by atoms with van der Waals surface area (Å²) < 4.78 is 0. The van der Waals surface area contributed by atoms with Gasteiger partial charge < -0.3 is 0 Å². The van der Waals surface area contributed by atoms with Crippen LogP contribution in [0, 0.1) is 23.7 Å². The Labute approximate surface area is 128 Å². The third-order valence-electron chi connectivity index (χ3n) is 5.92. The predicted molar refractivity (Wildman–Crippen MR) is 84.3 cm³/mol. The van der Waals surface area contributed by atoms with E-state index in [2.05, 4.69) is 0 Å². The molecule has 1 saturated heterocycles. The maximum atomic E-state index is 12.8. The monoisotopic (exact) mass is 291 g/mol. The van der Waals surface area contributed by atoms with Crippen LogP contribution in [0.2, 0.25) is 0 Å². The number of carbonyl (C=O) groups is 2. The molecule has 22 heavy (non-hydrogen) atoms. The third kappa shape index (κ3) is 1.46. The minimum atomic E-state index is -0.0438. The maximum absolute atomic E-state index is 12.8. The van der Waals surface area contributed by atoms with Gasteiger partial charge in [-0.1, -0.05) is 30.3 Å². The molecule has 3 heteroatoms. The molecule has 3 fully saturated rings. The van der Waals surface area contributed by atoms with E-state index >= 15 is 0 Å². The molecule has 2 bridgehead atoms. The highest BCUT2D eigenvalue weighted by Gasteiger charge is 2.61. The summed E-state index contributed by atoms with van der Waals surface area (Å²) in [6, 6.07) is 13.9. The van der Waals surface area contributed by atoms with Crippen molar-refractivity contribution in [1.29, 1.82) is 0 Å². The number of imide groups is 1. The number of nitrogens with zero attached hydrogens (tertiary/aromatic N) is 1. The van der Waals surface area contributed by atoms with Crippen LogP contribution in [0.1, 0.15) is 19.3 Å². The first kappa shape index (κ1) is 12.4. The van der Waals surface area contributed by atoms with E-state index in [9.17, 15) is 9.59 Å². The Morgan fingerprint density at radius 1 is 0.818 bits per heavy atom. The second-order valence-corrected chi connectivity index (χ2v) is 6.93. The Balaban J connectivity index is 1.59. The van der Waals surface area contributed by atoms with Gasteiger partial charge in [0.2, 0.25) is 11.8 Å². The van der Waals surface area contributed by atoms with Gasteiger partial charge in [-0.2, -0.15) is 0 Å². The zero-order valence-corrected chi connectivity index (χ0v) is 12.2.